The zero-order valence-electron chi connectivity index (χ0n) is 15.5. The fourth-order valence-electron chi connectivity index (χ4n) is 3.44. The highest BCUT2D eigenvalue weighted by molar-refractivity contribution is 6.01. The molecule has 2 aromatic rings. The van der Waals surface area contributed by atoms with E-state index in [9.17, 15) is 9.59 Å². The van der Waals surface area contributed by atoms with Gasteiger partial charge in [-0.2, -0.15) is 5.53 Å². The van der Waals surface area contributed by atoms with Crippen LogP contribution >= 0.6 is 0 Å². The molecular weight excluding hydrogens is 356 g/mol. The minimum Gasteiger partial charge on any atom is -0.327 e. The van der Waals surface area contributed by atoms with Crippen LogP contribution in [0.5, 0.6) is 0 Å². The lowest BCUT2D eigenvalue weighted by Crippen LogP contribution is -2.54. The van der Waals surface area contributed by atoms with E-state index in [-0.39, 0.29) is 11.8 Å². The van der Waals surface area contributed by atoms with Crippen LogP contribution in [-0.2, 0) is 22.4 Å². The number of nitrogens with zero attached hydrogens (tertiary/aromatic N) is 2. The number of hydrogen-bond donors (Lipinski definition) is 4. The molecule has 2 amide bonds. The molecule has 4 rings (SSSR count). The lowest BCUT2D eigenvalue weighted by atomic mass is 10.0. The van der Waals surface area contributed by atoms with Crippen LogP contribution in [0, 0.1) is 0 Å². The van der Waals surface area contributed by atoms with E-state index < -0.39 is 12.1 Å². The highest BCUT2D eigenvalue weighted by Crippen LogP contribution is 2.20. The van der Waals surface area contributed by atoms with Crippen molar-refractivity contribution in [1.29, 1.82) is 0 Å². The molecular formula is C20H22N6O2. The molecule has 0 saturated carbocycles. The Hall–Kier alpha value is -3.23. The van der Waals surface area contributed by atoms with Crippen LogP contribution in [0.1, 0.15) is 18.2 Å². The van der Waals surface area contributed by atoms with Crippen LogP contribution in [0.3, 0.4) is 0 Å². The van der Waals surface area contributed by atoms with Gasteiger partial charge < -0.3 is 10.6 Å². The fraction of sp³-hybridized carbons (Fsp3) is 0.250. The average molecular weight is 378 g/mol. The van der Waals surface area contributed by atoms with Crippen molar-refractivity contribution in [3.05, 3.63) is 71.8 Å². The monoisotopic (exact) mass is 378 g/mol. The molecule has 28 heavy (non-hydrogen) atoms. The van der Waals surface area contributed by atoms with Crippen LogP contribution < -0.4 is 21.6 Å². The van der Waals surface area contributed by atoms with E-state index >= 15 is 0 Å². The number of hydrogen-bond acceptors (Lipinski definition) is 6. The smallest absolute Gasteiger partial charge is 0.250 e. The van der Waals surface area contributed by atoms with Gasteiger partial charge in [0, 0.05) is 29.5 Å². The van der Waals surface area contributed by atoms with Crippen molar-refractivity contribution >= 4 is 17.5 Å². The van der Waals surface area contributed by atoms with Crippen molar-refractivity contribution in [2.45, 2.75) is 31.8 Å². The molecule has 0 aliphatic carbocycles. The number of nitrogens with one attached hydrogen (secondary N) is 4. The second-order valence-electron chi connectivity index (χ2n) is 6.85. The quantitative estimate of drug-likeness (QED) is 0.616. The highest BCUT2D eigenvalue weighted by Gasteiger charge is 2.44. The average Bonchev–Trinajstić information content (AvgIpc) is 3.12. The Kier molecular flexibility index (Phi) is 5.05. The number of pyridine rings is 1. The fourth-order valence-corrected chi connectivity index (χ4v) is 3.44. The van der Waals surface area contributed by atoms with Crippen molar-refractivity contribution in [1.82, 2.24) is 26.3 Å². The van der Waals surface area contributed by atoms with Gasteiger partial charge in [-0.3, -0.25) is 19.6 Å². The highest BCUT2D eigenvalue weighted by atomic mass is 16.2. The number of amides is 2. The molecule has 1 fully saturated rings. The topological polar surface area (TPSA) is 98.4 Å². The van der Waals surface area contributed by atoms with Crippen LogP contribution in [0.4, 0.5) is 5.69 Å². The SMILES string of the molecule is CC1=CN2NNC(C(=O)Nc3ccccc3CCc3ccccn3)C2C(=O)N1. The first-order chi connectivity index (χ1) is 13.6. The first-order valence-corrected chi connectivity index (χ1v) is 9.19. The number of aryl methyl sites for hydroxylation is 2. The zero-order valence-corrected chi connectivity index (χ0v) is 15.5. The third kappa shape index (κ3) is 3.73. The summed E-state index contributed by atoms with van der Waals surface area (Å²) in [4.78, 5) is 29.5. The predicted molar refractivity (Wildman–Crippen MR) is 104 cm³/mol. The van der Waals surface area contributed by atoms with Gasteiger partial charge in [-0.25, -0.2) is 5.43 Å². The summed E-state index contributed by atoms with van der Waals surface area (Å²) in [5.74, 6) is -0.491. The lowest BCUT2D eigenvalue weighted by molar-refractivity contribution is -0.129. The molecule has 4 N–H and O–H groups in total. The van der Waals surface area contributed by atoms with E-state index in [0.717, 1.165) is 35.5 Å². The second kappa shape index (κ2) is 7.79. The van der Waals surface area contributed by atoms with E-state index in [2.05, 4.69) is 26.6 Å². The Labute approximate surface area is 163 Å². The maximum Gasteiger partial charge on any atom is 0.250 e. The molecule has 1 saturated heterocycles. The van der Waals surface area contributed by atoms with E-state index in [1.807, 2.05) is 42.5 Å². The summed E-state index contributed by atoms with van der Waals surface area (Å²) >= 11 is 0. The Morgan fingerprint density at radius 2 is 2.00 bits per heavy atom. The molecule has 2 atom stereocenters. The molecule has 0 radical (unpaired) electrons. The summed E-state index contributed by atoms with van der Waals surface area (Å²) in [6.45, 7) is 1.79. The van der Waals surface area contributed by atoms with E-state index in [0.29, 0.717) is 0 Å². The molecule has 0 spiro atoms. The van der Waals surface area contributed by atoms with Crippen molar-refractivity contribution in [2.24, 2.45) is 0 Å². The number of hydrazine groups is 2. The molecule has 1 aromatic carbocycles. The lowest BCUT2D eigenvalue weighted by Gasteiger charge is -2.28. The summed E-state index contributed by atoms with van der Waals surface area (Å²) in [7, 11) is 0. The third-order valence-corrected chi connectivity index (χ3v) is 4.82. The number of fused-ring (bicyclic) bond motifs is 1. The Morgan fingerprint density at radius 1 is 1.18 bits per heavy atom. The van der Waals surface area contributed by atoms with Crippen LogP contribution in [0.2, 0.25) is 0 Å². The number of anilines is 1. The van der Waals surface area contributed by atoms with Crippen molar-refractivity contribution in [3.63, 3.8) is 0 Å². The number of carbonyl (C=O) groups is 2. The molecule has 144 valence electrons. The van der Waals surface area contributed by atoms with Gasteiger partial charge in [-0.05, 0) is 43.5 Å². The third-order valence-electron chi connectivity index (χ3n) is 4.82. The molecule has 2 aliphatic heterocycles. The van der Waals surface area contributed by atoms with Gasteiger partial charge in [0.05, 0.1) is 0 Å². The molecule has 0 bridgehead atoms. The Bertz CT molecular complexity index is 914. The van der Waals surface area contributed by atoms with Gasteiger partial charge >= 0.3 is 0 Å². The van der Waals surface area contributed by atoms with Gasteiger partial charge in [0.25, 0.3) is 5.91 Å². The number of aromatic nitrogens is 1. The summed E-state index contributed by atoms with van der Waals surface area (Å²) < 4.78 is 0. The minimum absolute atomic E-state index is 0.221. The zero-order chi connectivity index (χ0) is 19.5. The summed E-state index contributed by atoms with van der Waals surface area (Å²) in [5, 5.41) is 7.34. The molecule has 8 nitrogen and oxygen atoms in total. The predicted octanol–water partition coefficient (Wildman–Crippen LogP) is 0.858. The van der Waals surface area contributed by atoms with Crippen LogP contribution in [0.25, 0.3) is 0 Å². The standard InChI is InChI=1S/C20H22N6O2/c1-13-12-26-18(20(28)22-13)17(24-25-26)19(27)23-16-8-3-2-6-14(16)9-10-15-7-4-5-11-21-15/h2-8,11-12,17-18,24-25H,9-10H2,1H3,(H,22,28)(H,23,27). The van der Waals surface area contributed by atoms with Gasteiger partial charge in [0.1, 0.15) is 6.04 Å². The number of allylic oxidation sites excluding steroid dienone is 1. The normalized spacial score (nSPS) is 21.0. The van der Waals surface area contributed by atoms with Crippen LogP contribution in [0.15, 0.2) is 60.6 Å². The van der Waals surface area contributed by atoms with E-state index in [4.69, 9.17) is 0 Å². The first-order valence-electron chi connectivity index (χ1n) is 9.19. The maximum absolute atomic E-state index is 12.9. The van der Waals surface area contributed by atoms with Gasteiger partial charge in [-0.15, -0.1) is 0 Å². The number of para-hydroxylation sites is 1. The van der Waals surface area contributed by atoms with Crippen LogP contribution in [-0.4, -0.2) is 33.9 Å². The van der Waals surface area contributed by atoms with Gasteiger partial charge in [0.2, 0.25) is 5.91 Å². The van der Waals surface area contributed by atoms with E-state index in [1.165, 1.54) is 0 Å². The Morgan fingerprint density at radius 3 is 2.82 bits per heavy atom. The van der Waals surface area contributed by atoms with Crippen molar-refractivity contribution in [2.75, 3.05) is 5.32 Å². The van der Waals surface area contributed by atoms with Crippen molar-refractivity contribution in [3.8, 4) is 0 Å². The Balaban J connectivity index is 1.46. The number of carbonyl (C=O) groups excluding carboxylic acids is 2. The van der Waals surface area contributed by atoms with Crippen molar-refractivity contribution < 1.29 is 9.59 Å². The maximum atomic E-state index is 12.9. The van der Waals surface area contributed by atoms with Gasteiger partial charge in [-0.1, -0.05) is 24.3 Å². The molecule has 2 aliphatic rings. The molecule has 8 heteroatoms. The summed E-state index contributed by atoms with van der Waals surface area (Å²) in [5.41, 5.74) is 9.25. The number of benzene rings is 1. The van der Waals surface area contributed by atoms with Gasteiger partial charge in [0.15, 0.2) is 6.04 Å². The largest absolute Gasteiger partial charge is 0.327 e. The first kappa shape index (κ1) is 18.1. The van der Waals surface area contributed by atoms with E-state index in [1.54, 1.807) is 24.3 Å². The number of rotatable bonds is 5. The summed E-state index contributed by atoms with van der Waals surface area (Å²) in [6.07, 6.45) is 5.06. The molecule has 3 heterocycles. The second-order valence-corrected chi connectivity index (χ2v) is 6.85. The minimum atomic E-state index is -0.715. The summed E-state index contributed by atoms with van der Waals surface area (Å²) in [6, 6.07) is 12.2. The molecule has 1 aromatic heterocycles. The molecule has 2 unspecified atom stereocenters.